The normalized spacial score (nSPS) is 13.4. The summed E-state index contributed by atoms with van der Waals surface area (Å²) in [5.41, 5.74) is 31.6. The Labute approximate surface area is 391 Å². The Morgan fingerprint density at radius 2 is 0.721 bits per heavy atom. The predicted molar refractivity (Wildman–Crippen MR) is 250 cm³/mol. The van der Waals surface area contributed by atoms with E-state index in [0.717, 1.165) is 0 Å². The number of nitrogens with one attached hydrogen (secondary N) is 8. The zero-order chi connectivity index (χ0) is 49.9. The number of nitrogens with two attached hydrogens (primary N) is 4. The Morgan fingerprint density at radius 3 is 1.04 bits per heavy atom. The van der Waals surface area contributed by atoms with Gasteiger partial charge in [-0.3, -0.25) is 49.2 Å². The lowest BCUT2D eigenvalue weighted by atomic mass is 10.0. The van der Waals surface area contributed by atoms with Crippen molar-refractivity contribution < 1.29 is 48.6 Å². The third-order valence-corrected chi connectivity index (χ3v) is 10.3. The second kappa shape index (κ2) is 25.5. The zero-order valence-electron chi connectivity index (χ0n) is 37.4. The Bertz CT molecular complexity index is 2220. The molecule has 4 aromatic carbocycles. The molecule has 0 fully saturated rings. The van der Waals surface area contributed by atoms with E-state index in [-0.39, 0.29) is 37.2 Å². The van der Waals surface area contributed by atoms with E-state index in [9.17, 15) is 48.6 Å². The van der Waals surface area contributed by atoms with Gasteiger partial charge in [-0.1, -0.05) is 48.5 Å². The van der Waals surface area contributed by atoms with E-state index in [2.05, 4.69) is 42.8 Å². The molecule has 0 heterocycles. The minimum absolute atomic E-state index is 0.0498. The monoisotopic (exact) mass is 938 g/mol. The van der Waals surface area contributed by atoms with E-state index in [1.54, 1.807) is 72.8 Å². The number of amides is 8. The van der Waals surface area contributed by atoms with E-state index in [1.165, 1.54) is 38.1 Å². The van der Waals surface area contributed by atoms with E-state index in [0.29, 0.717) is 33.6 Å². The average Bonchev–Trinajstić information content (AvgIpc) is 3.31. The number of phenolic OH excluding ortho intramolecular Hbond substituents is 2. The highest BCUT2D eigenvalue weighted by atomic mass is 16.3. The number of carbonyl (C=O) groups is 8. The third kappa shape index (κ3) is 17.6. The molecule has 0 bridgehead atoms. The van der Waals surface area contributed by atoms with E-state index >= 15 is 0 Å². The number of aromatic hydroxyl groups is 2. The highest BCUT2D eigenvalue weighted by Crippen LogP contribution is 2.13. The van der Waals surface area contributed by atoms with Crippen LogP contribution in [0.1, 0.15) is 36.1 Å². The van der Waals surface area contributed by atoms with Crippen LogP contribution < -0.4 is 65.7 Å². The molecule has 68 heavy (non-hydrogen) atoms. The fraction of sp³-hybridized carbons (Fsp3) is 0.304. The summed E-state index contributed by atoms with van der Waals surface area (Å²) < 4.78 is 0. The van der Waals surface area contributed by atoms with Crippen LogP contribution in [0, 0.1) is 0 Å². The average molecular weight is 939 g/mol. The molecule has 0 unspecified atom stereocenters. The second-order valence-electron chi connectivity index (χ2n) is 16.0. The molecule has 0 radical (unpaired) electrons. The Balaban J connectivity index is 1.33. The molecule has 0 spiro atoms. The smallest absolute Gasteiger partial charge is 0.261 e. The maximum absolute atomic E-state index is 13.6. The van der Waals surface area contributed by atoms with Crippen molar-refractivity contribution in [3.63, 3.8) is 0 Å². The summed E-state index contributed by atoms with van der Waals surface area (Å²) in [4.78, 5) is 105. The molecule has 0 aliphatic rings. The summed E-state index contributed by atoms with van der Waals surface area (Å²) in [7, 11) is 0. The summed E-state index contributed by atoms with van der Waals surface area (Å²) in [5, 5.41) is 33.8. The quantitative estimate of drug-likeness (QED) is 0.0287. The standard InChI is InChI=1S/C46H58N12O10/c1-25(53-43(65)35(49)19-27-7-15-33(59)16-8-27)41(63)51-23-39(61)55-37(21-29-3-11-31(47)12-4-29)45(67)57-58-46(68)38(22-30-5-13-32(48)14-6-30)56-40(62)24-52-42(64)26(2)54-44(66)36(50)20-28-9-17-34(60)18-10-28/h3-18,25-26,35-38,59-60H,19-24,47-50H2,1-2H3,(H,51,63)(H,52,64)(H,53,65)(H,54,66)(H,55,61)(H,56,62)(H,57,67)(H,58,68)/t25-,26-,35+,36+,37+,38+/m1/s1. The summed E-state index contributed by atoms with van der Waals surface area (Å²) in [6.07, 6.45) is 0.0657. The van der Waals surface area contributed by atoms with Gasteiger partial charge in [0.1, 0.15) is 35.7 Å². The number of rotatable bonds is 22. The number of hydrogen-bond acceptors (Lipinski definition) is 14. The van der Waals surface area contributed by atoms with Gasteiger partial charge >= 0.3 is 0 Å². The highest BCUT2D eigenvalue weighted by molar-refractivity contribution is 5.95. The van der Waals surface area contributed by atoms with Gasteiger partial charge in [-0.15, -0.1) is 0 Å². The second-order valence-corrected chi connectivity index (χ2v) is 16.0. The molecule has 22 heteroatoms. The molecule has 0 aliphatic heterocycles. The van der Waals surface area contributed by atoms with Crippen molar-refractivity contribution in [1.29, 1.82) is 0 Å². The number of phenols is 2. The van der Waals surface area contributed by atoms with Crippen molar-refractivity contribution in [2.75, 3.05) is 24.6 Å². The van der Waals surface area contributed by atoms with Crippen LogP contribution in [0.25, 0.3) is 0 Å². The first-order valence-electron chi connectivity index (χ1n) is 21.4. The van der Waals surface area contributed by atoms with Crippen LogP contribution in [0.4, 0.5) is 11.4 Å². The van der Waals surface area contributed by atoms with E-state index < -0.39 is 96.6 Å². The van der Waals surface area contributed by atoms with Gasteiger partial charge in [-0.25, -0.2) is 0 Å². The van der Waals surface area contributed by atoms with Crippen LogP contribution in [0.3, 0.4) is 0 Å². The van der Waals surface area contributed by atoms with Gasteiger partial charge in [0.25, 0.3) is 11.8 Å². The molecule has 0 saturated heterocycles. The van der Waals surface area contributed by atoms with Gasteiger partial charge < -0.3 is 65.0 Å². The van der Waals surface area contributed by atoms with Crippen molar-refractivity contribution in [2.45, 2.75) is 75.8 Å². The molecule has 4 rings (SSSR count). The Hall–Kier alpha value is -8.24. The van der Waals surface area contributed by atoms with E-state index in [4.69, 9.17) is 22.9 Å². The van der Waals surface area contributed by atoms with Crippen LogP contribution in [-0.2, 0) is 64.0 Å². The van der Waals surface area contributed by atoms with E-state index in [1.807, 2.05) is 0 Å². The summed E-state index contributed by atoms with van der Waals surface area (Å²) in [5.74, 6) is -6.00. The molecule has 362 valence electrons. The molecule has 0 aromatic heterocycles. The maximum Gasteiger partial charge on any atom is 0.261 e. The number of hydrogen-bond donors (Lipinski definition) is 14. The largest absolute Gasteiger partial charge is 0.508 e. The number of hydrazine groups is 1. The number of carbonyl (C=O) groups excluding carboxylic acids is 8. The van der Waals surface area contributed by atoms with Crippen LogP contribution in [0.2, 0.25) is 0 Å². The molecular weight excluding hydrogens is 881 g/mol. The highest BCUT2D eigenvalue weighted by Gasteiger charge is 2.27. The van der Waals surface area contributed by atoms with Crippen LogP contribution in [0.5, 0.6) is 11.5 Å². The van der Waals surface area contributed by atoms with Crippen molar-refractivity contribution in [3.8, 4) is 11.5 Å². The SMILES string of the molecule is C[C@@H](NC(=O)[C@@H](N)Cc1ccc(O)cc1)C(=O)NCC(=O)N[C@@H](Cc1ccc(N)cc1)C(=O)NNC(=O)[C@H](Cc1ccc(N)cc1)NC(=O)CNC(=O)[C@@H](C)NC(=O)[C@@H](N)Cc1ccc(O)cc1. The first-order valence-corrected chi connectivity index (χ1v) is 21.4. The zero-order valence-corrected chi connectivity index (χ0v) is 37.4. The summed E-state index contributed by atoms with van der Waals surface area (Å²) in [6, 6.07) is 18.2. The maximum atomic E-state index is 13.6. The van der Waals surface area contributed by atoms with Gasteiger partial charge in [0.05, 0.1) is 25.2 Å². The van der Waals surface area contributed by atoms with Gasteiger partial charge in [-0.2, -0.15) is 0 Å². The van der Waals surface area contributed by atoms with Gasteiger partial charge in [0.15, 0.2) is 0 Å². The van der Waals surface area contributed by atoms with Crippen molar-refractivity contribution >= 4 is 58.6 Å². The van der Waals surface area contributed by atoms with Crippen LogP contribution in [0.15, 0.2) is 97.1 Å². The Kier molecular flexibility index (Phi) is 19.6. The molecular formula is C46H58N12O10. The molecule has 0 aliphatic carbocycles. The minimum atomic E-state index is -1.33. The molecule has 6 atom stereocenters. The topological polar surface area (TPSA) is 377 Å². The molecule has 4 aromatic rings. The molecule has 0 saturated carbocycles. The number of benzene rings is 4. The van der Waals surface area contributed by atoms with Gasteiger partial charge in [0, 0.05) is 24.2 Å². The third-order valence-electron chi connectivity index (χ3n) is 10.3. The van der Waals surface area contributed by atoms with Gasteiger partial charge in [-0.05, 0) is 97.5 Å². The molecule has 22 nitrogen and oxygen atoms in total. The lowest BCUT2D eigenvalue weighted by molar-refractivity contribution is -0.134. The predicted octanol–water partition coefficient (Wildman–Crippen LogP) is -2.45. The lowest BCUT2D eigenvalue weighted by Crippen LogP contribution is -2.59. The number of nitrogen functional groups attached to an aromatic ring is 2. The van der Waals surface area contributed by atoms with Crippen molar-refractivity contribution in [1.82, 2.24) is 42.8 Å². The van der Waals surface area contributed by atoms with Crippen LogP contribution in [-0.4, -0.2) is 107 Å². The minimum Gasteiger partial charge on any atom is -0.508 e. The molecule has 8 amide bonds. The molecule has 18 N–H and O–H groups in total. The Morgan fingerprint density at radius 1 is 0.426 bits per heavy atom. The van der Waals surface area contributed by atoms with Crippen molar-refractivity contribution in [3.05, 3.63) is 119 Å². The fourth-order valence-corrected chi connectivity index (χ4v) is 6.36. The fourth-order valence-electron chi connectivity index (χ4n) is 6.36. The summed E-state index contributed by atoms with van der Waals surface area (Å²) in [6.45, 7) is 1.56. The first kappa shape index (κ1) is 52.4. The number of anilines is 2. The van der Waals surface area contributed by atoms with Crippen LogP contribution >= 0.6 is 0 Å². The summed E-state index contributed by atoms with van der Waals surface area (Å²) >= 11 is 0. The van der Waals surface area contributed by atoms with Crippen molar-refractivity contribution in [2.24, 2.45) is 11.5 Å². The first-order chi connectivity index (χ1) is 32.3. The lowest BCUT2D eigenvalue weighted by Gasteiger charge is -2.22. The van der Waals surface area contributed by atoms with Gasteiger partial charge in [0.2, 0.25) is 35.4 Å².